The standard InChI is InChI=1S/C20H26ClNO4/c1-5-8-17(23)15(18(24)9-6-2)12-22-16-11-7-10-14(19(16)21)20(25)26-13(3)4/h7,10-13,15H,5-6,8-9H2,1-4H3. The normalized spacial score (nSPS) is 11.3. The number of aliphatic imine (C=N–C) groups is 1. The van der Waals surface area contributed by atoms with Crippen molar-refractivity contribution in [2.45, 2.75) is 59.5 Å². The smallest absolute Gasteiger partial charge is 0.339 e. The van der Waals surface area contributed by atoms with Gasteiger partial charge in [0.2, 0.25) is 0 Å². The van der Waals surface area contributed by atoms with Crippen molar-refractivity contribution in [2.24, 2.45) is 10.9 Å². The average Bonchev–Trinajstić information content (AvgIpc) is 2.56. The molecule has 0 heterocycles. The van der Waals surface area contributed by atoms with E-state index in [-0.39, 0.29) is 28.3 Å². The molecule has 0 bridgehead atoms. The second-order valence-electron chi connectivity index (χ2n) is 6.28. The minimum atomic E-state index is -0.878. The van der Waals surface area contributed by atoms with Crippen molar-refractivity contribution in [3.05, 3.63) is 28.8 Å². The van der Waals surface area contributed by atoms with Gasteiger partial charge in [0.1, 0.15) is 17.5 Å². The predicted molar refractivity (Wildman–Crippen MR) is 103 cm³/mol. The monoisotopic (exact) mass is 379 g/mol. The summed E-state index contributed by atoms with van der Waals surface area (Å²) in [5, 5.41) is 0.138. The van der Waals surface area contributed by atoms with Crippen LogP contribution >= 0.6 is 11.6 Å². The molecule has 1 aromatic carbocycles. The first-order valence-electron chi connectivity index (χ1n) is 8.90. The lowest BCUT2D eigenvalue weighted by atomic mass is 9.94. The summed E-state index contributed by atoms with van der Waals surface area (Å²) in [6, 6.07) is 4.80. The highest BCUT2D eigenvalue weighted by Gasteiger charge is 2.23. The maximum Gasteiger partial charge on any atom is 0.339 e. The Morgan fingerprint density at radius 3 is 2.19 bits per heavy atom. The molecule has 1 rings (SSSR count). The number of ether oxygens (including phenoxy) is 1. The van der Waals surface area contributed by atoms with Crippen molar-refractivity contribution >= 4 is 41.0 Å². The SMILES string of the molecule is CCCC(=O)C(C=Nc1cccc(C(=O)OC(C)C)c1Cl)C(=O)CCC. The summed E-state index contributed by atoms with van der Waals surface area (Å²) in [5.41, 5.74) is 0.523. The van der Waals surface area contributed by atoms with Crippen LogP contribution in [-0.4, -0.2) is 29.9 Å². The first-order chi connectivity index (χ1) is 12.3. The van der Waals surface area contributed by atoms with Gasteiger partial charge < -0.3 is 4.74 Å². The van der Waals surface area contributed by atoms with E-state index in [1.165, 1.54) is 6.21 Å². The number of rotatable bonds is 10. The van der Waals surface area contributed by atoms with E-state index in [1.807, 2.05) is 13.8 Å². The van der Waals surface area contributed by atoms with Crippen molar-refractivity contribution in [2.75, 3.05) is 0 Å². The molecule has 0 aromatic heterocycles. The molecule has 0 amide bonds. The summed E-state index contributed by atoms with van der Waals surface area (Å²) in [4.78, 5) is 40.8. The molecule has 0 aliphatic rings. The highest BCUT2D eigenvalue weighted by molar-refractivity contribution is 6.36. The van der Waals surface area contributed by atoms with Crippen LogP contribution in [0.2, 0.25) is 5.02 Å². The molecule has 26 heavy (non-hydrogen) atoms. The number of nitrogens with zero attached hydrogens (tertiary/aromatic N) is 1. The van der Waals surface area contributed by atoms with Crippen LogP contribution in [0.15, 0.2) is 23.2 Å². The zero-order chi connectivity index (χ0) is 19.7. The van der Waals surface area contributed by atoms with Crippen LogP contribution in [0, 0.1) is 5.92 Å². The first-order valence-corrected chi connectivity index (χ1v) is 9.28. The summed E-state index contributed by atoms with van der Waals surface area (Å²) in [5.74, 6) is -1.72. The van der Waals surface area contributed by atoms with Gasteiger partial charge in [-0.1, -0.05) is 31.5 Å². The van der Waals surface area contributed by atoms with Gasteiger partial charge in [-0.3, -0.25) is 14.6 Å². The van der Waals surface area contributed by atoms with E-state index in [0.717, 1.165) is 0 Å². The summed E-state index contributed by atoms with van der Waals surface area (Å²) in [7, 11) is 0. The fourth-order valence-corrected chi connectivity index (χ4v) is 2.61. The first kappa shape index (κ1) is 22.0. The maximum atomic E-state index is 12.2. The molecule has 0 saturated heterocycles. The average molecular weight is 380 g/mol. The van der Waals surface area contributed by atoms with E-state index < -0.39 is 11.9 Å². The predicted octanol–water partition coefficient (Wildman–Crippen LogP) is 4.96. The second kappa shape index (κ2) is 10.9. The summed E-state index contributed by atoms with van der Waals surface area (Å²) in [6.07, 6.45) is 3.05. The Kier molecular flexibility index (Phi) is 9.21. The van der Waals surface area contributed by atoms with Gasteiger partial charge in [-0.2, -0.15) is 0 Å². The van der Waals surface area contributed by atoms with Crippen LogP contribution in [0.5, 0.6) is 0 Å². The van der Waals surface area contributed by atoms with Crippen LogP contribution in [0.25, 0.3) is 0 Å². The van der Waals surface area contributed by atoms with Crippen LogP contribution < -0.4 is 0 Å². The second-order valence-corrected chi connectivity index (χ2v) is 6.66. The maximum absolute atomic E-state index is 12.2. The van der Waals surface area contributed by atoms with Crippen LogP contribution in [0.1, 0.15) is 63.7 Å². The Balaban J connectivity index is 3.11. The molecule has 0 saturated carbocycles. The number of carbonyl (C=O) groups excluding carboxylic acids is 3. The highest BCUT2D eigenvalue weighted by Crippen LogP contribution is 2.29. The molecular formula is C20H26ClNO4. The van der Waals surface area contributed by atoms with Gasteiger partial charge in [-0.15, -0.1) is 0 Å². The molecule has 5 nitrogen and oxygen atoms in total. The van der Waals surface area contributed by atoms with Crippen LogP contribution in [-0.2, 0) is 14.3 Å². The van der Waals surface area contributed by atoms with E-state index in [4.69, 9.17) is 16.3 Å². The zero-order valence-electron chi connectivity index (χ0n) is 15.8. The van der Waals surface area contributed by atoms with Gasteiger partial charge in [0.15, 0.2) is 0 Å². The fraction of sp³-hybridized carbons (Fsp3) is 0.500. The molecule has 0 aliphatic carbocycles. The topological polar surface area (TPSA) is 72.8 Å². The lowest BCUT2D eigenvalue weighted by molar-refractivity contribution is -0.129. The summed E-state index contributed by atoms with van der Waals surface area (Å²) < 4.78 is 5.15. The van der Waals surface area contributed by atoms with Gasteiger partial charge in [-0.05, 0) is 38.8 Å². The number of ketones is 2. The summed E-state index contributed by atoms with van der Waals surface area (Å²) in [6.45, 7) is 7.27. The Labute approximate surface area is 159 Å². The minimum absolute atomic E-state index is 0.138. The number of esters is 1. The lowest BCUT2D eigenvalue weighted by Gasteiger charge is -2.11. The van der Waals surface area contributed by atoms with E-state index in [1.54, 1.807) is 32.0 Å². The summed E-state index contributed by atoms with van der Waals surface area (Å²) >= 11 is 6.27. The Hall–Kier alpha value is -2.01. The molecule has 0 radical (unpaired) electrons. The molecule has 0 N–H and O–H groups in total. The van der Waals surface area contributed by atoms with Crippen molar-refractivity contribution < 1.29 is 19.1 Å². The number of Topliss-reactive ketones (excluding diaryl/α,β-unsaturated/α-hetero) is 2. The number of hydrogen-bond donors (Lipinski definition) is 0. The zero-order valence-corrected chi connectivity index (χ0v) is 16.5. The van der Waals surface area contributed by atoms with Crippen LogP contribution in [0.3, 0.4) is 0 Å². The van der Waals surface area contributed by atoms with E-state index in [0.29, 0.717) is 31.4 Å². The van der Waals surface area contributed by atoms with Gasteiger partial charge in [-0.25, -0.2) is 4.79 Å². The Morgan fingerprint density at radius 2 is 1.69 bits per heavy atom. The minimum Gasteiger partial charge on any atom is -0.459 e. The fourth-order valence-electron chi connectivity index (χ4n) is 2.36. The van der Waals surface area contributed by atoms with Crippen molar-refractivity contribution in [1.29, 1.82) is 0 Å². The van der Waals surface area contributed by atoms with E-state index in [2.05, 4.69) is 4.99 Å². The Morgan fingerprint density at radius 1 is 1.12 bits per heavy atom. The molecule has 0 spiro atoms. The van der Waals surface area contributed by atoms with E-state index in [9.17, 15) is 14.4 Å². The van der Waals surface area contributed by atoms with Crippen molar-refractivity contribution in [3.63, 3.8) is 0 Å². The number of hydrogen-bond acceptors (Lipinski definition) is 5. The van der Waals surface area contributed by atoms with Gasteiger partial charge >= 0.3 is 5.97 Å². The van der Waals surface area contributed by atoms with Gasteiger partial charge in [0.05, 0.1) is 22.4 Å². The highest BCUT2D eigenvalue weighted by atomic mass is 35.5. The molecule has 0 aliphatic heterocycles. The molecule has 1 aromatic rings. The molecule has 0 atom stereocenters. The third-order valence-electron chi connectivity index (χ3n) is 3.59. The van der Waals surface area contributed by atoms with Crippen molar-refractivity contribution in [1.82, 2.24) is 0 Å². The number of benzene rings is 1. The number of carbonyl (C=O) groups is 3. The molecule has 0 unspecified atom stereocenters. The molecule has 0 fully saturated rings. The number of halogens is 1. The van der Waals surface area contributed by atoms with Crippen LogP contribution in [0.4, 0.5) is 5.69 Å². The lowest BCUT2D eigenvalue weighted by Crippen LogP contribution is -2.25. The van der Waals surface area contributed by atoms with Gasteiger partial charge in [0.25, 0.3) is 0 Å². The molecular weight excluding hydrogens is 354 g/mol. The molecule has 6 heteroatoms. The largest absolute Gasteiger partial charge is 0.459 e. The molecule has 142 valence electrons. The van der Waals surface area contributed by atoms with E-state index >= 15 is 0 Å². The Bertz CT molecular complexity index is 664. The van der Waals surface area contributed by atoms with Gasteiger partial charge in [0, 0.05) is 19.1 Å². The third kappa shape index (κ3) is 6.37. The van der Waals surface area contributed by atoms with Crippen molar-refractivity contribution in [3.8, 4) is 0 Å². The third-order valence-corrected chi connectivity index (χ3v) is 3.99. The quantitative estimate of drug-likeness (QED) is 0.327.